The largest absolute Gasteiger partial charge is 0.460 e. The Morgan fingerprint density at radius 3 is 2.29 bits per heavy atom. The van der Waals surface area contributed by atoms with Crippen LogP contribution in [0, 0.1) is 5.92 Å². The lowest BCUT2D eigenvalue weighted by atomic mass is 9.96. The fourth-order valence-electron chi connectivity index (χ4n) is 3.73. The van der Waals surface area contributed by atoms with Crippen molar-refractivity contribution in [2.45, 2.75) is 51.9 Å². The predicted molar refractivity (Wildman–Crippen MR) is 111 cm³/mol. The van der Waals surface area contributed by atoms with Crippen LogP contribution in [0.2, 0.25) is 0 Å². The van der Waals surface area contributed by atoms with Gasteiger partial charge in [-0.2, -0.15) is 0 Å². The topological polar surface area (TPSA) is 38.8 Å². The zero-order valence-electron chi connectivity index (χ0n) is 17.3. The van der Waals surface area contributed by atoms with Crippen LogP contribution in [0.1, 0.15) is 44.9 Å². The fraction of sp³-hybridized carbons (Fsp3) is 0.458. The van der Waals surface area contributed by atoms with E-state index in [4.69, 9.17) is 9.47 Å². The molecule has 4 nitrogen and oxygen atoms in total. The smallest absolute Gasteiger partial charge is 0.313 e. The molecule has 3 rings (SSSR count). The second kappa shape index (κ2) is 8.89. The summed E-state index contributed by atoms with van der Waals surface area (Å²) in [5.41, 5.74) is 1.95. The summed E-state index contributed by atoms with van der Waals surface area (Å²) in [6, 6.07) is 20.9. The third-order valence-corrected chi connectivity index (χ3v) is 5.17. The summed E-state index contributed by atoms with van der Waals surface area (Å²) in [7, 11) is 0. The van der Waals surface area contributed by atoms with Crippen LogP contribution in [0.4, 0.5) is 0 Å². The number of hydrogen-bond acceptors (Lipinski definition) is 4. The molecule has 0 unspecified atom stereocenters. The van der Waals surface area contributed by atoms with Crippen LogP contribution in [-0.4, -0.2) is 35.7 Å². The summed E-state index contributed by atoms with van der Waals surface area (Å²) < 4.78 is 11.5. The maximum Gasteiger partial charge on any atom is 0.313 e. The minimum atomic E-state index is -0.500. The van der Waals surface area contributed by atoms with Gasteiger partial charge in [0, 0.05) is 18.6 Å². The molecule has 3 atom stereocenters. The minimum Gasteiger partial charge on any atom is -0.460 e. The van der Waals surface area contributed by atoms with Gasteiger partial charge in [0.2, 0.25) is 0 Å². The molecule has 0 aliphatic carbocycles. The van der Waals surface area contributed by atoms with Gasteiger partial charge < -0.3 is 9.47 Å². The van der Waals surface area contributed by atoms with Gasteiger partial charge in [0.05, 0.1) is 19.1 Å². The van der Waals surface area contributed by atoms with Crippen molar-refractivity contribution in [2.24, 2.45) is 5.92 Å². The molecule has 0 bridgehead atoms. The molecule has 0 amide bonds. The van der Waals surface area contributed by atoms with Crippen LogP contribution in [0.3, 0.4) is 0 Å². The van der Waals surface area contributed by atoms with Gasteiger partial charge in [-0.15, -0.1) is 0 Å². The molecule has 0 aromatic heterocycles. The zero-order chi connectivity index (χ0) is 20.1. The Kier molecular flexibility index (Phi) is 6.53. The molecule has 2 aromatic carbocycles. The number of nitrogens with zero attached hydrogens (tertiary/aromatic N) is 1. The van der Waals surface area contributed by atoms with Gasteiger partial charge in [-0.25, -0.2) is 0 Å². The first-order valence-electron chi connectivity index (χ1n) is 10.0. The van der Waals surface area contributed by atoms with E-state index in [1.54, 1.807) is 0 Å². The molecule has 1 saturated heterocycles. The number of hydrogen-bond donors (Lipinski definition) is 0. The third kappa shape index (κ3) is 5.21. The standard InChI is InChI=1S/C24H31NO3/c1-18(20-13-9-6-10-14-20)25(15-19-11-7-5-8-12-19)22-17-27-16-21(22)23(26)28-24(2,3)4/h5-14,18,21-22H,15-17H2,1-4H3/t18-,21-,22-/m0/s1. The zero-order valence-corrected chi connectivity index (χ0v) is 17.3. The second-order valence-electron chi connectivity index (χ2n) is 8.49. The van der Waals surface area contributed by atoms with Gasteiger partial charge in [-0.1, -0.05) is 60.7 Å². The first-order valence-corrected chi connectivity index (χ1v) is 10.0. The van der Waals surface area contributed by atoms with Crippen molar-refractivity contribution in [1.82, 2.24) is 4.90 Å². The molecule has 1 fully saturated rings. The fourth-order valence-corrected chi connectivity index (χ4v) is 3.73. The van der Waals surface area contributed by atoms with E-state index in [0.717, 1.165) is 6.54 Å². The normalized spacial score (nSPS) is 20.9. The summed E-state index contributed by atoms with van der Waals surface area (Å²) in [6.45, 7) is 9.62. The number of rotatable bonds is 6. The molecule has 1 aliphatic heterocycles. The van der Waals surface area contributed by atoms with Crippen LogP contribution < -0.4 is 0 Å². The lowest BCUT2D eigenvalue weighted by Gasteiger charge is -2.37. The van der Waals surface area contributed by atoms with Gasteiger partial charge in [0.1, 0.15) is 5.60 Å². The molecular weight excluding hydrogens is 350 g/mol. The van der Waals surface area contributed by atoms with E-state index in [2.05, 4.69) is 60.4 Å². The average Bonchev–Trinajstić information content (AvgIpc) is 3.15. The number of carbonyl (C=O) groups excluding carboxylic acids is 1. The van der Waals surface area contributed by atoms with Crippen molar-refractivity contribution in [3.8, 4) is 0 Å². The highest BCUT2D eigenvalue weighted by Gasteiger charge is 2.41. The number of esters is 1. The number of ether oxygens (including phenoxy) is 2. The molecule has 0 spiro atoms. The predicted octanol–water partition coefficient (Wildman–Crippen LogP) is 4.61. The van der Waals surface area contributed by atoms with Crippen LogP contribution in [0.5, 0.6) is 0 Å². The maximum atomic E-state index is 12.9. The molecule has 28 heavy (non-hydrogen) atoms. The van der Waals surface area contributed by atoms with Crippen LogP contribution >= 0.6 is 0 Å². The van der Waals surface area contributed by atoms with Crippen LogP contribution in [0.15, 0.2) is 60.7 Å². The first kappa shape index (κ1) is 20.6. The first-order chi connectivity index (χ1) is 13.3. The van der Waals surface area contributed by atoms with Crippen LogP contribution in [0.25, 0.3) is 0 Å². The molecule has 150 valence electrons. The molecule has 1 heterocycles. The molecular formula is C24H31NO3. The van der Waals surface area contributed by atoms with E-state index in [0.29, 0.717) is 13.2 Å². The van der Waals surface area contributed by atoms with Crippen molar-refractivity contribution in [3.05, 3.63) is 71.8 Å². The summed E-state index contributed by atoms with van der Waals surface area (Å²) >= 11 is 0. The van der Waals surface area contributed by atoms with Gasteiger partial charge in [-0.3, -0.25) is 9.69 Å². The lowest BCUT2D eigenvalue weighted by Crippen LogP contribution is -2.45. The van der Waals surface area contributed by atoms with Gasteiger partial charge in [0.15, 0.2) is 0 Å². The third-order valence-electron chi connectivity index (χ3n) is 5.17. The van der Waals surface area contributed by atoms with Crippen molar-refractivity contribution < 1.29 is 14.3 Å². The molecule has 4 heteroatoms. The Bertz CT molecular complexity index is 754. The molecule has 2 aromatic rings. The lowest BCUT2D eigenvalue weighted by molar-refractivity contribution is -0.161. The summed E-state index contributed by atoms with van der Waals surface area (Å²) in [6.07, 6.45) is 0. The second-order valence-corrected chi connectivity index (χ2v) is 8.49. The highest BCUT2D eigenvalue weighted by atomic mass is 16.6. The van der Waals surface area contributed by atoms with Crippen LogP contribution in [-0.2, 0) is 20.8 Å². The highest BCUT2D eigenvalue weighted by molar-refractivity contribution is 5.74. The Morgan fingerprint density at radius 2 is 1.68 bits per heavy atom. The molecule has 1 aliphatic rings. The molecule has 0 N–H and O–H groups in total. The summed E-state index contributed by atoms with van der Waals surface area (Å²) in [5, 5.41) is 0. The van der Waals surface area contributed by atoms with E-state index in [1.807, 2.05) is 32.9 Å². The number of carbonyl (C=O) groups is 1. The maximum absolute atomic E-state index is 12.9. The van der Waals surface area contributed by atoms with E-state index in [1.165, 1.54) is 11.1 Å². The Morgan fingerprint density at radius 1 is 1.07 bits per heavy atom. The monoisotopic (exact) mass is 381 g/mol. The highest BCUT2D eigenvalue weighted by Crippen LogP contribution is 2.32. The quantitative estimate of drug-likeness (QED) is 0.685. The van der Waals surface area contributed by atoms with Crippen molar-refractivity contribution in [1.29, 1.82) is 0 Å². The Hall–Kier alpha value is -2.17. The van der Waals surface area contributed by atoms with Crippen molar-refractivity contribution in [3.63, 3.8) is 0 Å². The van der Waals surface area contributed by atoms with E-state index >= 15 is 0 Å². The Balaban J connectivity index is 1.87. The van der Waals surface area contributed by atoms with E-state index < -0.39 is 5.60 Å². The van der Waals surface area contributed by atoms with E-state index in [9.17, 15) is 4.79 Å². The number of benzene rings is 2. The SMILES string of the molecule is C[C@@H](c1ccccc1)N(Cc1ccccc1)[C@H]1COC[C@@H]1C(=O)OC(C)(C)C. The minimum absolute atomic E-state index is 0.0229. The van der Waals surface area contributed by atoms with E-state index in [-0.39, 0.29) is 24.0 Å². The van der Waals surface area contributed by atoms with Gasteiger partial charge in [0.25, 0.3) is 0 Å². The average molecular weight is 382 g/mol. The Labute approximate surface area is 168 Å². The summed E-state index contributed by atoms with van der Waals surface area (Å²) in [4.78, 5) is 15.2. The molecule has 0 saturated carbocycles. The van der Waals surface area contributed by atoms with Crippen molar-refractivity contribution >= 4 is 5.97 Å². The van der Waals surface area contributed by atoms with Gasteiger partial charge >= 0.3 is 5.97 Å². The summed E-state index contributed by atoms with van der Waals surface area (Å²) in [5.74, 6) is -0.456. The molecule has 0 radical (unpaired) electrons. The van der Waals surface area contributed by atoms with Crippen molar-refractivity contribution in [2.75, 3.05) is 13.2 Å². The van der Waals surface area contributed by atoms with Gasteiger partial charge in [-0.05, 0) is 38.8 Å².